The Morgan fingerprint density at radius 1 is 1.03 bits per heavy atom. The summed E-state index contributed by atoms with van der Waals surface area (Å²) < 4.78 is 5.43. The molecule has 8 heteroatoms. The van der Waals surface area contributed by atoms with Crippen LogP contribution in [-0.2, 0) is 19.1 Å². The molecule has 3 rings (SSSR count). The summed E-state index contributed by atoms with van der Waals surface area (Å²) in [5.74, 6) is -0.187. The first kappa shape index (κ1) is 27.5. The highest BCUT2D eigenvalue weighted by Gasteiger charge is 2.69. The lowest BCUT2D eigenvalue weighted by molar-refractivity contribution is -0.142. The minimum absolute atomic E-state index is 0.0255. The van der Waals surface area contributed by atoms with Crippen molar-refractivity contribution in [2.75, 3.05) is 6.54 Å². The fourth-order valence-corrected chi connectivity index (χ4v) is 5.94. The number of alkyl carbamates (subject to hydrolysis) is 1. The monoisotopic (exact) mass is 491 g/mol. The third kappa shape index (κ3) is 6.98. The van der Waals surface area contributed by atoms with E-state index in [2.05, 4.69) is 24.5 Å². The van der Waals surface area contributed by atoms with Gasteiger partial charge in [0.25, 0.3) is 0 Å². The predicted molar refractivity (Wildman–Crippen MR) is 134 cm³/mol. The summed E-state index contributed by atoms with van der Waals surface area (Å²) in [6, 6.07) is -1.89. The van der Waals surface area contributed by atoms with Crippen LogP contribution in [0.1, 0.15) is 98.8 Å². The lowest BCUT2D eigenvalue weighted by Crippen LogP contribution is -2.57. The van der Waals surface area contributed by atoms with E-state index in [1.165, 1.54) is 0 Å². The Kier molecular flexibility index (Phi) is 8.86. The van der Waals surface area contributed by atoms with E-state index in [1.807, 2.05) is 0 Å². The molecule has 3 fully saturated rings. The van der Waals surface area contributed by atoms with Gasteiger partial charge in [-0.05, 0) is 50.9 Å². The van der Waals surface area contributed by atoms with Gasteiger partial charge in [0.05, 0.1) is 6.04 Å². The number of carbonyl (C=O) groups is 4. The van der Waals surface area contributed by atoms with Gasteiger partial charge >= 0.3 is 6.09 Å². The summed E-state index contributed by atoms with van der Waals surface area (Å²) in [5, 5.41) is 5.72. The molecule has 2 heterocycles. The van der Waals surface area contributed by atoms with Crippen LogP contribution in [0.5, 0.6) is 0 Å². The summed E-state index contributed by atoms with van der Waals surface area (Å²) in [5.41, 5.74) is -0.697. The highest BCUT2D eigenvalue weighted by Crippen LogP contribution is 2.64. The highest BCUT2D eigenvalue weighted by atomic mass is 16.6. The molecule has 0 aromatic carbocycles. The van der Waals surface area contributed by atoms with Crippen molar-refractivity contribution in [2.24, 2.45) is 17.3 Å². The molecule has 198 valence electrons. The maximum absolute atomic E-state index is 13.8. The fraction of sp³-hybridized carbons (Fsp3) is 0.852. The third-order valence-electron chi connectivity index (χ3n) is 8.00. The average molecular weight is 492 g/mol. The summed E-state index contributed by atoms with van der Waals surface area (Å²) in [4.78, 5) is 53.1. The number of hydrogen-bond donors (Lipinski definition) is 2. The largest absolute Gasteiger partial charge is 0.444 e. The molecule has 2 saturated heterocycles. The number of hydrogen-bond acceptors (Lipinski definition) is 5. The molecule has 3 amide bonds. The van der Waals surface area contributed by atoms with Crippen molar-refractivity contribution in [3.05, 3.63) is 0 Å². The van der Waals surface area contributed by atoms with Gasteiger partial charge in [0, 0.05) is 6.54 Å². The van der Waals surface area contributed by atoms with Crippen LogP contribution in [0.2, 0.25) is 0 Å². The highest BCUT2D eigenvalue weighted by molar-refractivity contribution is 5.93. The molecule has 0 radical (unpaired) electrons. The summed E-state index contributed by atoms with van der Waals surface area (Å²) in [6.07, 6.45) is 9.59. The molecule has 2 N–H and O–H groups in total. The van der Waals surface area contributed by atoms with Crippen LogP contribution < -0.4 is 10.6 Å². The molecular formula is C27H45N3O5. The van der Waals surface area contributed by atoms with Crippen LogP contribution >= 0.6 is 0 Å². The number of ether oxygens (including phenoxy) is 1. The minimum Gasteiger partial charge on any atom is -0.444 e. The van der Waals surface area contributed by atoms with Crippen molar-refractivity contribution < 1.29 is 23.9 Å². The number of carbonyl (C=O) groups excluding carboxylic acids is 4. The van der Waals surface area contributed by atoms with Crippen molar-refractivity contribution in [3.63, 3.8) is 0 Å². The van der Waals surface area contributed by atoms with Gasteiger partial charge in [0.1, 0.15) is 24.0 Å². The maximum atomic E-state index is 13.8. The van der Waals surface area contributed by atoms with Crippen molar-refractivity contribution in [1.82, 2.24) is 15.5 Å². The molecule has 5 atom stereocenters. The average Bonchev–Trinajstić information content (AvgIpc) is 3.09. The van der Waals surface area contributed by atoms with E-state index < -0.39 is 29.8 Å². The zero-order valence-electron chi connectivity index (χ0n) is 22.2. The van der Waals surface area contributed by atoms with Crippen LogP contribution in [0.3, 0.4) is 0 Å². The number of nitrogens with zero attached hydrogens (tertiary/aromatic N) is 1. The molecular weight excluding hydrogens is 446 g/mol. The summed E-state index contributed by atoms with van der Waals surface area (Å²) >= 11 is 0. The number of piperidine rings is 1. The molecule has 0 bridgehead atoms. The van der Waals surface area contributed by atoms with Crippen LogP contribution in [0, 0.1) is 17.3 Å². The Morgan fingerprint density at radius 3 is 2.17 bits per heavy atom. The van der Waals surface area contributed by atoms with E-state index in [0.717, 1.165) is 57.7 Å². The Morgan fingerprint density at radius 2 is 1.60 bits per heavy atom. The lowest BCUT2D eigenvalue weighted by atomic mass is 9.98. The number of rotatable bonds is 2. The third-order valence-corrected chi connectivity index (χ3v) is 8.00. The maximum Gasteiger partial charge on any atom is 0.408 e. The molecule has 1 aliphatic carbocycles. The number of fused-ring (bicyclic) bond motifs is 3. The van der Waals surface area contributed by atoms with E-state index >= 15 is 0 Å². The molecule has 0 aromatic heterocycles. The van der Waals surface area contributed by atoms with E-state index in [0.29, 0.717) is 19.4 Å². The van der Waals surface area contributed by atoms with Crippen molar-refractivity contribution in [2.45, 2.75) is 123 Å². The first-order chi connectivity index (χ1) is 16.5. The Labute approximate surface area is 210 Å². The van der Waals surface area contributed by atoms with Gasteiger partial charge in [-0.15, -0.1) is 0 Å². The normalized spacial score (nSPS) is 32.5. The second-order valence-corrected chi connectivity index (χ2v) is 12.2. The number of amides is 3. The second kappa shape index (κ2) is 11.3. The standard InChI is InChI=1S/C27H45N3O5/c1-26(2,3)35-25(34)29-20-15-13-11-9-7-6-8-10-12-14-18(17-31)28-23(32)22-21-19(27(21,4)5)16-30(22)24(20)33/h17-22H,6-16H2,1-5H3,(H,28,32)(H,29,34)/t18-,19?,20-,21?,22?/m0/s1. The molecule has 1 saturated carbocycles. The molecule has 35 heavy (non-hydrogen) atoms. The second-order valence-electron chi connectivity index (χ2n) is 12.2. The zero-order valence-corrected chi connectivity index (χ0v) is 22.2. The minimum atomic E-state index is -0.738. The van der Waals surface area contributed by atoms with Crippen molar-refractivity contribution in [3.8, 4) is 0 Å². The van der Waals surface area contributed by atoms with Crippen LogP contribution in [0.25, 0.3) is 0 Å². The van der Waals surface area contributed by atoms with E-state index in [1.54, 1.807) is 25.7 Å². The SMILES string of the molecule is CC(C)(C)OC(=O)N[C@H]1CCCCCCCCCC[C@@H](C=O)NC(=O)C2C3C(CN2C1=O)C3(C)C. The van der Waals surface area contributed by atoms with Crippen molar-refractivity contribution in [1.29, 1.82) is 0 Å². The molecule has 3 unspecified atom stereocenters. The van der Waals surface area contributed by atoms with Gasteiger partial charge in [0.15, 0.2) is 0 Å². The smallest absolute Gasteiger partial charge is 0.408 e. The van der Waals surface area contributed by atoms with E-state index in [9.17, 15) is 19.2 Å². The quantitative estimate of drug-likeness (QED) is 0.569. The summed E-state index contributed by atoms with van der Waals surface area (Å²) in [7, 11) is 0. The van der Waals surface area contributed by atoms with E-state index in [4.69, 9.17) is 4.74 Å². The van der Waals surface area contributed by atoms with Crippen LogP contribution in [-0.4, -0.2) is 59.4 Å². The Hall–Kier alpha value is -2.12. The van der Waals surface area contributed by atoms with Crippen LogP contribution in [0.4, 0.5) is 4.79 Å². The molecule has 3 aliphatic rings. The topological polar surface area (TPSA) is 105 Å². The van der Waals surface area contributed by atoms with Gasteiger partial charge in [0.2, 0.25) is 11.8 Å². The molecule has 8 nitrogen and oxygen atoms in total. The fourth-order valence-electron chi connectivity index (χ4n) is 5.94. The van der Waals surface area contributed by atoms with Gasteiger partial charge in [-0.2, -0.15) is 0 Å². The molecule has 2 aliphatic heterocycles. The Bertz CT molecular complexity index is 790. The number of aldehydes is 1. The van der Waals surface area contributed by atoms with Gasteiger partial charge in [-0.3, -0.25) is 9.59 Å². The molecule has 0 aromatic rings. The first-order valence-corrected chi connectivity index (χ1v) is 13.5. The first-order valence-electron chi connectivity index (χ1n) is 13.5. The molecule has 0 spiro atoms. The van der Waals surface area contributed by atoms with Gasteiger partial charge < -0.3 is 25.1 Å². The van der Waals surface area contributed by atoms with Crippen molar-refractivity contribution >= 4 is 24.2 Å². The predicted octanol–water partition coefficient (Wildman–Crippen LogP) is 3.96. The van der Waals surface area contributed by atoms with E-state index in [-0.39, 0.29) is 29.1 Å². The summed E-state index contributed by atoms with van der Waals surface area (Å²) in [6.45, 7) is 10.1. The van der Waals surface area contributed by atoms with Gasteiger partial charge in [-0.25, -0.2) is 4.79 Å². The lowest BCUT2D eigenvalue weighted by Gasteiger charge is -2.34. The Balaban J connectivity index is 1.81. The van der Waals surface area contributed by atoms with Gasteiger partial charge in [-0.1, -0.05) is 65.2 Å². The zero-order chi connectivity index (χ0) is 25.8. The van der Waals surface area contributed by atoms with Crippen LogP contribution in [0.15, 0.2) is 0 Å². The number of nitrogens with one attached hydrogen (secondary N) is 2.